The molecule has 0 aliphatic heterocycles. The number of benzene rings is 4. The number of para-hydroxylation sites is 1. The van der Waals surface area contributed by atoms with Crippen LogP contribution in [-0.2, 0) is 35.5 Å². The van der Waals surface area contributed by atoms with E-state index < -0.39 is 23.9 Å². The van der Waals surface area contributed by atoms with Crippen LogP contribution in [0.1, 0.15) is 93.9 Å². The number of aromatic nitrogens is 2. The zero-order chi connectivity index (χ0) is 39.4. The fraction of sp³-hybridized carbons (Fsp3) is 0.238. The van der Waals surface area contributed by atoms with Crippen LogP contribution in [0, 0.1) is 0 Å². The van der Waals surface area contributed by atoms with Gasteiger partial charge in [0.05, 0.1) is 29.5 Å². The van der Waals surface area contributed by atoms with Crippen LogP contribution in [-0.4, -0.2) is 63.7 Å². The van der Waals surface area contributed by atoms with Gasteiger partial charge < -0.3 is 39.8 Å². The van der Waals surface area contributed by atoms with E-state index in [1.807, 2.05) is 49.0 Å². The summed E-state index contributed by atoms with van der Waals surface area (Å²) in [6.45, 7) is 8.62. The van der Waals surface area contributed by atoms with Crippen molar-refractivity contribution in [3.63, 3.8) is 0 Å². The fourth-order valence-corrected chi connectivity index (χ4v) is 7.25. The lowest BCUT2D eigenvalue weighted by Gasteiger charge is -2.16. The van der Waals surface area contributed by atoms with E-state index in [4.69, 9.17) is 0 Å². The molecule has 0 unspecified atom stereocenters. The van der Waals surface area contributed by atoms with Gasteiger partial charge in [0.15, 0.2) is 0 Å². The predicted octanol–water partition coefficient (Wildman–Crippen LogP) is 7.69. The molecule has 0 atom stereocenters. The molecule has 0 fully saturated rings. The molecule has 6 aromatic rings. The minimum atomic E-state index is -1.06. The van der Waals surface area contributed by atoms with Gasteiger partial charge >= 0.3 is 23.9 Å². The van der Waals surface area contributed by atoms with Crippen molar-refractivity contribution in [2.75, 3.05) is 0 Å². The number of hydrogen-bond donors (Lipinski definition) is 6. The van der Waals surface area contributed by atoms with Crippen molar-refractivity contribution in [2.45, 2.75) is 65.5 Å². The third-order valence-corrected chi connectivity index (χ3v) is 9.17. The van der Waals surface area contributed by atoms with Crippen molar-refractivity contribution in [2.24, 2.45) is 0 Å². The van der Waals surface area contributed by atoms with Gasteiger partial charge in [-0.1, -0.05) is 70.2 Å². The molecule has 0 aliphatic carbocycles. The number of aromatic hydroxyl groups is 2. The Bertz CT molecular complexity index is 2400. The number of phenols is 2. The van der Waals surface area contributed by atoms with E-state index in [1.54, 1.807) is 60.7 Å². The summed E-state index contributed by atoms with van der Waals surface area (Å²) in [5.74, 6) is -3.70. The van der Waals surface area contributed by atoms with Crippen LogP contribution in [0.15, 0.2) is 84.9 Å². The second-order valence-electron chi connectivity index (χ2n) is 13.7. The number of phenolic OH excluding ortho intramolecular Hbond substituents is 2. The molecule has 0 bridgehead atoms. The van der Waals surface area contributed by atoms with Crippen molar-refractivity contribution < 1.29 is 49.8 Å². The number of carbonyl (C=O) groups is 4. The van der Waals surface area contributed by atoms with Gasteiger partial charge in [0.25, 0.3) is 0 Å². The maximum atomic E-state index is 11.8. The topological polar surface area (TPSA) is 200 Å². The lowest BCUT2D eigenvalue weighted by Crippen LogP contribution is -2.11. The zero-order valence-electron chi connectivity index (χ0n) is 30.3. The van der Waals surface area contributed by atoms with Gasteiger partial charge in [0.1, 0.15) is 11.5 Å². The average Bonchev–Trinajstić information content (AvgIpc) is 3.55. The molecule has 0 saturated heterocycles. The summed E-state index contributed by atoms with van der Waals surface area (Å²) in [4.78, 5) is 46.1. The highest BCUT2D eigenvalue weighted by Crippen LogP contribution is 2.36. The third-order valence-electron chi connectivity index (χ3n) is 9.17. The van der Waals surface area contributed by atoms with E-state index in [1.165, 1.54) is 12.1 Å². The molecular formula is C42H42N2O10. The number of hydrogen-bond acceptors (Lipinski definition) is 6. The smallest absolute Gasteiger partial charge is 0.337 e. The number of aromatic carboxylic acids is 2. The Hall–Kier alpha value is -6.56. The molecular weight excluding hydrogens is 692 g/mol. The van der Waals surface area contributed by atoms with Crippen LogP contribution in [0.5, 0.6) is 11.5 Å². The van der Waals surface area contributed by atoms with Crippen molar-refractivity contribution in [1.29, 1.82) is 0 Å². The van der Waals surface area contributed by atoms with Crippen LogP contribution < -0.4 is 0 Å². The summed E-state index contributed by atoms with van der Waals surface area (Å²) >= 11 is 0. The minimum Gasteiger partial charge on any atom is -0.508 e. The van der Waals surface area contributed by atoms with Crippen LogP contribution in [0.2, 0.25) is 0 Å². The number of carboxylic acid groups (broad SMARTS) is 4. The van der Waals surface area contributed by atoms with Gasteiger partial charge in [-0.2, -0.15) is 0 Å². The van der Waals surface area contributed by atoms with E-state index in [-0.39, 0.29) is 47.3 Å². The van der Waals surface area contributed by atoms with E-state index in [0.29, 0.717) is 40.6 Å². The summed E-state index contributed by atoms with van der Waals surface area (Å²) in [6.07, 6.45) is -0.316. The maximum Gasteiger partial charge on any atom is 0.337 e. The molecule has 280 valence electrons. The number of fused-ring (bicyclic) bond motifs is 2. The molecule has 0 radical (unpaired) electrons. The number of aliphatic carboxylic acids is 2. The number of rotatable bonds is 12. The molecule has 12 heteroatoms. The summed E-state index contributed by atoms with van der Waals surface area (Å²) in [7, 11) is 0. The van der Waals surface area contributed by atoms with Gasteiger partial charge in [0.2, 0.25) is 0 Å². The Morgan fingerprint density at radius 3 is 1.56 bits per heavy atom. The first-order valence-electron chi connectivity index (χ1n) is 17.3. The summed E-state index contributed by atoms with van der Waals surface area (Å²) < 4.78 is 3.83. The fourth-order valence-electron chi connectivity index (χ4n) is 7.25. The SMILES string of the molecule is CC(C)c1c(CC(=O)O)c2ccc(C(=O)O)cc2n1Cc1cccc(O)c1.CC(C)c1c(CC(=O)O)c2cccc(C(=O)O)c2n1Cc1cccc(O)c1. The van der Waals surface area contributed by atoms with E-state index in [2.05, 4.69) is 0 Å². The highest BCUT2D eigenvalue weighted by atomic mass is 16.4. The highest BCUT2D eigenvalue weighted by Gasteiger charge is 2.25. The highest BCUT2D eigenvalue weighted by molar-refractivity contribution is 6.04. The van der Waals surface area contributed by atoms with Gasteiger partial charge in [-0.25, -0.2) is 9.59 Å². The third kappa shape index (κ3) is 8.23. The normalized spacial score (nSPS) is 11.2. The van der Waals surface area contributed by atoms with Crippen molar-refractivity contribution in [1.82, 2.24) is 9.13 Å². The summed E-state index contributed by atoms with van der Waals surface area (Å²) in [5.41, 5.74) is 6.10. The number of nitrogens with zero attached hydrogens (tertiary/aromatic N) is 2. The zero-order valence-corrected chi connectivity index (χ0v) is 30.3. The molecule has 0 spiro atoms. The maximum absolute atomic E-state index is 11.8. The first kappa shape index (κ1) is 38.7. The molecule has 6 rings (SSSR count). The molecule has 0 aliphatic rings. The molecule has 4 aromatic carbocycles. The van der Waals surface area contributed by atoms with Crippen LogP contribution >= 0.6 is 0 Å². The molecule has 54 heavy (non-hydrogen) atoms. The Kier molecular flexibility index (Phi) is 11.4. The average molecular weight is 735 g/mol. The molecule has 6 N–H and O–H groups in total. The standard InChI is InChI=1S/2C21H21NO5/c1-12(2)19-17(10-18(24)25)15-7-4-8-16(21(26)27)20(15)22(19)11-13-5-3-6-14(23)9-13;1-12(2)20-17(10-19(24)25)16-7-6-14(21(26)27)9-18(16)22(20)11-13-4-3-5-15(23)8-13/h2*3-9,12,23H,10-11H2,1-2H3,(H,24,25)(H,26,27). The summed E-state index contributed by atoms with van der Waals surface area (Å²) in [5, 5.41) is 58.7. The van der Waals surface area contributed by atoms with E-state index in [0.717, 1.165) is 27.9 Å². The monoisotopic (exact) mass is 734 g/mol. The van der Waals surface area contributed by atoms with E-state index in [9.17, 15) is 49.8 Å². The first-order chi connectivity index (χ1) is 25.6. The van der Waals surface area contributed by atoms with Crippen molar-refractivity contribution in [3.8, 4) is 11.5 Å². The second-order valence-corrected chi connectivity index (χ2v) is 13.7. The van der Waals surface area contributed by atoms with Gasteiger partial charge in [-0.3, -0.25) is 9.59 Å². The Morgan fingerprint density at radius 2 is 1.07 bits per heavy atom. The van der Waals surface area contributed by atoms with Crippen LogP contribution in [0.25, 0.3) is 21.8 Å². The second kappa shape index (κ2) is 16.0. The van der Waals surface area contributed by atoms with Gasteiger partial charge in [0, 0.05) is 40.8 Å². The Balaban J connectivity index is 0.000000208. The quantitative estimate of drug-likeness (QED) is 0.0724. The Labute approximate surface area is 310 Å². The van der Waals surface area contributed by atoms with Crippen molar-refractivity contribution in [3.05, 3.63) is 130 Å². The number of carboxylic acids is 4. The molecule has 2 heterocycles. The molecule has 12 nitrogen and oxygen atoms in total. The van der Waals surface area contributed by atoms with Crippen molar-refractivity contribution >= 4 is 45.7 Å². The van der Waals surface area contributed by atoms with Gasteiger partial charge in [-0.15, -0.1) is 0 Å². The largest absolute Gasteiger partial charge is 0.508 e. The first-order valence-corrected chi connectivity index (χ1v) is 17.3. The van der Waals surface area contributed by atoms with E-state index >= 15 is 0 Å². The molecule has 0 amide bonds. The van der Waals surface area contributed by atoms with Crippen LogP contribution in [0.3, 0.4) is 0 Å². The Morgan fingerprint density at radius 1 is 0.574 bits per heavy atom. The van der Waals surface area contributed by atoms with Crippen LogP contribution in [0.4, 0.5) is 0 Å². The lowest BCUT2D eigenvalue weighted by molar-refractivity contribution is -0.137. The molecule has 2 aromatic heterocycles. The predicted molar refractivity (Wildman–Crippen MR) is 203 cm³/mol. The molecule has 0 saturated carbocycles. The summed E-state index contributed by atoms with van der Waals surface area (Å²) in [6, 6.07) is 23.3. The lowest BCUT2D eigenvalue weighted by atomic mass is 10.00. The minimum absolute atomic E-state index is 0.00861. The van der Waals surface area contributed by atoms with Gasteiger partial charge in [-0.05, 0) is 76.6 Å².